The van der Waals surface area contributed by atoms with E-state index in [1.54, 1.807) is 36.4 Å². The number of hydrogen-bond acceptors (Lipinski definition) is 6. The standard InChI is InChI=1S/C23H31FN2O4S2/c1-16(2)17-7-11-20(12-8-17)32(29,30)23-15-31(27,28)14-21(23)25-13-22(26(3)4)18-5-9-19(24)10-6-18/h5-12,16,21-23,25H,13-15H2,1-4H3/t21-,22?,23-/m0/s1. The van der Waals surface area contributed by atoms with Gasteiger partial charge in [-0.05, 0) is 55.4 Å². The molecule has 1 heterocycles. The van der Waals surface area contributed by atoms with E-state index in [1.165, 1.54) is 12.1 Å². The Bertz CT molecular complexity index is 1130. The van der Waals surface area contributed by atoms with Gasteiger partial charge >= 0.3 is 0 Å². The Kier molecular flexibility index (Phi) is 7.44. The zero-order valence-corrected chi connectivity index (χ0v) is 20.5. The van der Waals surface area contributed by atoms with Crippen LogP contribution in [0.1, 0.15) is 36.9 Å². The number of benzene rings is 2. The monoisotopic (exact) mass is 482 g/mol. The highest BCUT2D eigenvalue weighted by atomic mass is 32.2. The second-order valence-corrected chi connectivity index (χ2v) is 13.3. The Balaban J connectivity index is 1.83. The first-order chi connectivity index (χ1) is 14.9. The van der Waals surface area contributed by atoms with Crippen molar-refractivity contribution in [3.8, 4) is 0 Å². The van der Waals surface area contributed by atoms with Crippen molar-refractivity contribution in [2.45, 2.75) is 42.0 Å². The number of halogens is 1. The third-order valence-corrected chi connectivity index (χ3v) is 10.2. The fraction of sp³-hybridized carbons (Fsp3) is 0.478. The number of hydrogen-bond donors (Lipinski definition) is 1. The van der Waals surface area contributed by atoms with Crippen LogP contribution in [0.3, 0.4) is 0 Å². The van der Waals surface area contributed by atoms with E-state index in [9.17, 15) is 21.2 Å². The first-order valence-electron chi connectivity index (χ1n) is 10.6. The van der Waals surface area contributed by atoms with E-state index < -0.39 is 36.7 Å². The Labute approximate surface area is 190 Å². The molecule has 1 N–H and O–H groups in total. The summed E-state index contributed by atoms with van der Waals surface area (Å²) >= 11 is 0. The van der Waals surface area contributed by atoms with E-state index in [-0.39, 0.29) is 28.4 Å². The number of rotatable bonds is 8. The molecule has 0 spiro atoms. The highest BCUT2D eigenvalue weighted by Gasteiger charge is 2.45. The average molecular weight is 483 g/mol. The van der Waals surface area contributed by atoms with Crippen LogP contribution >= 0.6 is 0 Å². The second kappa shape index (κ2) is 9.59. The molecule has 2 aromatic carbocycles. The SMILES string of the molecule is CC(C)c1ccc(S(=O)(=O)[C@H]2CS(=O)(=O)C[C@@H]2NCC(c2ccc(F)cc2)N(C)C)cc1. The quantitative estimate of drug-likeness (QED) is 0.623. The van der Waals surface area contributed by atoms with Crippen LogP contribution in [0, 0.1) is 5.82 Å². The first-order valence-corrected chi connectivity index (χ1v) is 14.0. The molecule has 1 fully saturated rings. The lowest BCUT2D eigenvalue weighted by atomic mass is 10.0. The Morgan fingerprint density at radius 2 is 1.56 bits per heavy atom. The lowest BCUT2D eigenvalue weighted by Gasteiger charge is -2.28. The minimum absolute atomic E-state index is 0.137. The van der Waals surface area contributed by atoms with E-state index in [2.05, 4.69) is 5.32 Å². The molecular weight excluding hydrogens is 451 g/mol. The van der Waals surface area contributed by atoms with E-state index in [0.29, 0.717) is 6.54 Å². The summed E-state index contributed by atoms with van der Waals surface area (Å²) in [7, 11) is -3.61. The molecule has 1 unspecified atom stereocenters. The molecule has 0 amide bonds. The maximum Gasteiger partial charge on any atom is 0.183 e. The molecule has 6 nitrogen and oxygen atoms in total. The molecule has 3 rings (SSSR count). The predicted octanol–water partition coefficient (Wildman–Crippen LogP) is 2.78. The first kappa shape index (κ1) is 24.8. The summed E-state index contributed by atoms with van der Waals surface area (Å²) in [6, 6.07) is 11.9. The molecule has 0 aliphatic carbocycles. The summed E-state index contributed by atoms with van der Waals surface area (Å²) in [5.74, 6) is -0.703. The second-order valence-electron chi connectivity index (χ2n) is 8.93. The van der Waals surface area contributed by atoms with Gasteiger partial charge in [-0.1, -0.05) is 38.1 Å². The highest BCUT2D eigenvalue weighted by molar-refractivity contribution is 7.96. The third-order valence-electron chi connectivity index (χ3n) is 6.03. The Morgan fingerprint density at radius 3 is 2.09 bits per heavy atom. The summed E-state index contributed by atoms with van der Waals surface area (Å²) in [6.45, 7) is 4.38. The van der Waals surface area contributed by atoms with Crippen molar-refractivity contribution in [3.05, 3.63) is 65.5 Å². The predicted molar refractivity (Wildman–Crippen MR) is 125 cm³/mol. The fourth-order valence-corrected chi connectivity index (χ4v) is 8.79. The molecule has 0 saturated carbocycles. The van der Waals surface area contributed by atoms with Gasteiger partial charge < -0.3 is 10.2 Å². The van der Waals surface area contributed by atoms with Gasteiger partial charge in [0.15, 0.2) is 19.7 Å². The van der Waals surface area contributed by atoms with Crippen molar-refractivity contribution in [1.82, 2.24) is 10.2 Å². The van der Waals surface area contributed by atoms with Crippen LogP contribution in [0.4, 0.5) is 4.39 Å². The smallest absolute Gasteiger partial charge is 0.183 e. The molecule has 3 atom stereocenters. The van der Waals surface area contributed by atoms with Gasteiger partial charge in [0.1, 0.15) is 5.82 Å². The number of nitrogens with one attached hydrogen (secondary N) is 1. The van der Waals surface area contributed by atoms with Crippen LogP contribution in [0.15, 0.2) is 53.4 Å². The molecule has 9 heteroatoms. The zero-order valence-electron chi connectivity index (χ0n) is 18.8. The average Bonchev–Trinajstić information content (AvgIpc) is 3.04. The topological polar surface area (TPSA) is 83.5 Å². The minimum Gasteiger partial charge on any atom is -0.310 e. The molecule has 0 bridgehead atoms. The molecule has 1 saturated heterocycles. The lowest BCUT2D eigenvalue weighted by molar-refractivity contribution is 0.281. The van der Waals surface area contributed by atoms with Gasteiger partial charge in [0.05, 0.1) is 21.7 Å². The summed E-state index contributed by atoms with van der Waals surface area (Å²) in [4.78, 5) is 2.07. The van der Waals surface area contributed by atoms with Crippen LogP contribution < -0.4 is 5.32 Å². The summed E-state index contributed by atoms with van der Waals surface area (Å²) in [5.41, 5.74) is 1.87. The van der Waals surface area contributed by atoms with Crippen LogP contribution in [-0.4, -0.2) is 65.2 Å². The number of likely N-dealkylation sites (N-methyl/N-ethyl adjacent to an activating group) is 1. The van der Waals surface area contributed by atoms with Crippen molar-refractivity contribution >= 4 is 19.7 Å². The molecule has 0 aromatic heterocycles. The van der Waals surface area contributed by atoms with Gasteiger partial charge in [0.2, 0.25) is 0 Å². The van der Waals surface area contributed by atoms with E-state index in [4.69, 9.17) is 0 Å². The van der Waals surface area contributed by atoms with E-state index in [0.717, 1.165) is 11.1 Å². The molecule has 1 aliphatic heterocycles. The van der Waals surface area contributed by atoms with Gasteiger partial charge in [-0.25, -0.2) is 21.2 Å². The number of nitrogens with zero attached hydrogens (tertiary/aromatic N) is 1. The van der Waals surface area contributed by atoms with Crippen molar-refractivity contribution < 1.29 is 21.2 Å². The molecular formula is C23H31FN2O4S2. The van der Waals surface area contributed by atoms with Crippen molar-refractivity contribution in [2.75, 3.05) is 32.1 Å². The Hall–Kier alpha value is -1.81. The zero-order chi connectivity index (χ0) is 23.7. The summed E-state index contributed by atoms with van der Waals surface area (Å²) in [5, 5.41) is 2.13. The van der Waals surface area contributed by atoms with Gasteiger partial charge in [-0.3, -0.25) is 0 Å². The molecule has 0 radical (unpaired) electrons. The van der Waals surface area contributed by atoms with Gasteiger partial charge in [0, 0.05) is 18.6 Å². The largest absolute Gasteiger partial charge is 0.310 e. The van der Waals surface area contributed by atoms with Gasteiger partial charge in [0.25, 0.3) is 0 Å². The van der Waals surface area contributed by atoms with Crippen molar-refractivity contribution in [3.63, 3.8) is 0 Å². The van der Waals surface area contributed by atoms with E-state index in [1.807, 2.05) is 32.8 Å². The maximum absolute atomic E-state index is 13.3. The lowest BCUT2D eigenvalue weighted by Crippen LogP contribution is -2.46. The molecule has 32 heavy (non-hydrogen) atoms. The highest BCUT2D eigenvalue weighted by Crippen LogP contribution is 2.28. The van der Waals surface area contributed by atoms with Crippen LogP contribution in [0.2, 0.25) is 0 Å². The minimum atomic E-state index is -3.84. The maximum atomic E-state index is 13.3. The van der Waals surface area contributed by atoms with Crippen LogP contribution in [0.25, 0.3) is 0 Å². The van der Waals surface area contributed by atoms with Crippen molar-refractivity contribution in [2.24, 2.45) is 0 Å². The van der Waals surface area contributed by atoms with Crippen LogP contribution in [-0.2, 0) is 19.7 Å². The summed E-state index contributed by atoms with van der Waals surface area (Å²) < 4.78 is 64.8. The van der Waals surface area contributed by atoms with Crippen molar-refractivity contribution in [1.29, 1.82) is 0 Å². The number of sulfone groups is 2. The Morgan fingerprint density at radius 1 is 1.00 bits per heavy atom. The molecule has 176 valence electrons. The van der Waals surface area contributed by atoms with Gasteiger partial charge in [-0.2, -0.15) is 0 Å². The fourth-order valence-electron chi connectivity index (χ4n) is 4.08. The normalized spacial score (nSPS) is 21.8. The summed E-state index contributed by atoms with van der Waals surface area (Å²) in [6.07, 6.45) is 0. The van der Waals surface area contributed by atoms with Gasteiger partial charge in [-0.15, -0.1) is 0 Å². The van der Waals surface area contributed by atoms with E-state index >= 15 is 0 Å². The van der Waals surface area contributed by atoms with Crippen LogP contribution in [0.5, 0.6) is 0 Å². The molecule has 2 aromatic rings. The molecule has 1 aliphatic rings. The third kappa shape index (κ3) is 5.57.